The highest BCUT2D eigenvalue weighted by Gasteiger charge is 2.44. The van der Waals surface area contributed by atoms with Crippen LogP contribution < -0.4 is 10.2 Å². The van der Waals surface area contributed by atoms with E-state index in [-0.39, 0.29) is 29.8 Å². The van der Waals surface area contributed by atoms with Crippen molar-refractivity contribution in [2.45, 2.75) is 45.6 Å². The van der Waals surface area contributed by atoms with Gasteiger partial charge >= 0.3 is 5.97 Å². The molecule has 180 valence electrons. The van der Waals surface area contributed by atoms with Crippen LogP contribution in [0.25, 0.3) is 0 Å². The second-order valence-corrected chi connectivity index (χ2v) is 10.0. The predicted molar refractivity (Wildman–Crippen MR) is 133 cm³/mol. The Labute approximate surface area is 202 Å². The number of carbonyl (C=O) groups is 2. The monoisotopic (exact) mass is 472 g/mol. The van der Waals surface area contributed by atoms with Gasteiger partial charge in [-0.05, 0) is 75.5 Å². The molecule has 7 nitrogen and oxygen atoms in total. The fraction of sp³-hybridized carbons (Fsp3) is 0.640. The van der Waals surface area contributed by atoms with Crippen LogP contribution in [0.3, 0.4) is 0 Å². The van der Waals surface area contributed by atoms with E-state index in [9.17, 15) is 9.59 Å². The van der Waals surface area contributed by atoms with E-state index in [1.54, 1.807) is 4.90 Å². The minimum Gasteiger partial charge on any atom is -0.469 e. The van der Waals surface area contributed by atoms with Gasteiger partial charge in [0.05, 0.1) is 18.9 Å². The van der Waals surface area contributed by atoms with Crippen LogP contribution in [0.15, 0.2) is 18.2 Å². The van der Waals surface area contributed by atoms with Gasteiger partial charge in [0.2, 0.25) is 5.91 Å². The Balaban J connectivity index is 1.23. The molecule has 2 aliphatic heterocycles. The Kier molecular flexibility index (Phi) is 7.54. The molecule has 1 N–H and O–H groups in total. The molecular formula is C25H36N4O3S. The highest BCUT2D eigenvalue weighted by atomic mass is 32.1. The summed E-state index contributed by atoms with van der Waals surface area (Å²) in [7, 11) is 1.42. The van der Waals surface area contributed by atoms with Crippen molar-refractivity contribution in [2.24, 2.45) is 11.8 Å². The standard InChI is InChI=1S/C25H36N4O3S/c1-17-5-6-18(2)22(15-17)28-13-11-27(12-14-28)9-4-10-29-23(30)20-8-7-19(24(31)32-3)16-21(20)26-25(29)33/h5-6,15,19-21H,4,7-14,16H2,1-3H3,(H,26,33). The van der Waals surface area contributed by atoms with Crippen LogP contribution in [0.2, 0.25) is 0 Å². The zero-order valence-electron chi connectivity index (χ0n) is 20.0. The average molecular weight is 473 g/mol. The number of nitrogens with one attached hydrogen (secondary N) is 1. The first-order valence-corrected chi connectivity index (χ1v) is 12.5. The number of nitrogens with zero attached hydrogens (tertiary/aromatic N) is 3. The molecule has 1 saturated carbocycles. The van der Waals surface area contributed by atoms with Gasteiger partial charge in [0.25, 0.3) is 0 Å². The molecule has 1 amide bonds. The van der Waals surface area contributed by atoms with E-state index < -0.39 is 0 Å². The van der Waals surface area contributed by atoms with Crippen LogP contribution in [0, 0.1) is 25.7 Å². The van der Waals surface area contributed by atoms with Gasteiger partial charge in [0.1, 0.15) is 0 Å². The Morgan fingerprint density at radius 3 is 2.64 bits per heavy atom. The summed E-state index contributed by atoms with van der Waals surface area (Å²) in [6, 6.07) is 6.60. The first-order chi connectivity index (χ1) is 15.9. The minimum absolute atomic E-state index is 0.0581. The van der Waals surface area contributed by atoms with Gasteiger partial charge in [-0.2, -0.15) is 0 Å². The van der Waals surface area contributed by atoms with Crippen molar-refractivity contribution in [3.8, 4) is 0 Å². The van der Waals surface area contributed by atoms with Gasteiger partial charge in [-0.3, -0.25) is 19.4 Å². The Bertz CT molecular complexity index is 900. The Morgan fingerprint density at radius 1 is 1.15 bits per heavy atom. The number of hydrogen-bond acceptors (Lipinski definition) is 6. The number of piperazine rings is 1. The molecule has 0 aromatic heterocycles. The number of ether oxygens (including phenoxy) is 1. The highest BCUT2D eigenvalue weighted by Crippen LogP contribution is 2.33. The Morgan fingerprint density at radius 2 is 1.91 bits per heavy atom. The number of methoxy groups -OCH3 is 1. The fourth-order valence-corrected chi connectivity index (χ4v) is 5.81. The summed E-state index contributed by atoms with van der Waals surface area (Å²) < 4.78 is 4.90. The normalized spacial score (nSPS) is 26.1. The summed E-state index contributed by atoms with van der Waals surface area (Å²) >= 11 is 5.52. The molecule has 3 fully saturated rings. The number of anilines is 1. The summed E-state index contributed by atoms with van der Waals surface area (Å²) in [5.41, 5.74) is 3.98. The topological polar surface area (TPSA) is 65.1 Å². The molecule has 1 aromatic rings. The van der Waals surface area contributed by atoms with E-state index in [0.717, 1.165) is 39.1 Å². The molecule has 3 unspecified atom stereocenters. The third kappa shape index (κ3) is 5.32. The lowest BCUT2D eigenvalue weighted by Gasteiger charge is -2.43. The lowest BCUT2D eigenvalue weighted by atomic mass is 9.76. The molecule has 3 atom stereocenters. The van der Waals surface area contributed by atoms with Crippen molar-refractivity contribution in [1.29, 1.82) is 0 Å². The molecular weight excluding hydrogens is 436 g/mol. The molecule has 0 radical (unpaired) electrons. The van der Waals surface area contributed by atoms with Crippen molar-refractivity contribution < 1.29 is 14.3 Å². The van der Waals surface area contributed by atoms with E-state index >= 15 is 0 Å². The molecule has 2 saturated heterocycles. The van der Waals surface area contributed by atoms with Crippen LogP contribution in [0.5, 0.6) is 0 Å². The highest BCUT2D eigenvalue weighted by molar-refractivity contribution is 7.80. The number of carbonyl (C=O) groups excluding carboxylic acids is 2. The molecule has 0 bridgehead atoms. The molecule has 0 spiro atoms. The average Bonchev–Trinajstić information content (AvgIpc) is 2.82. The molecule has 1 aliphatic carbocycles. The molecule has 3 aliphatic rings. The summed E-state index contributed by atoms with van der Waals surface area (Å²) in [6.45, 7) is 10.0. The molecule has 2 heterocycles. The zero-order chi connectivity index (χ0) is 23.5. The van der Waals surface area contributed by atoms with Crippen LogP contribution in [-0.2, 0) is 14.3 Å². The summed E-state index contributed by atoms with van der Waals surface area (Å²) in [5.74, 6) is -0.313. The lowest BCUT2D eigenvalue weighted by molar-refractivity contribution is -0.149. The van der Waals surface area contributed by atoms with Gasteiger partial charge in [-0.25, -0.2) is 0 Å². The number of esters is 1. The molecule has 4 rings (SSSR count). The molecule has 33 heavy (non-hydrogen) atoms. The van der Waals surface area contributed by atoms with Crippen molar-refractivity contribution in [3.05, 3.63) is 29.3 Å². The smallest absolute Gasteiger partial charge is 0.308 e. The number of fused-ring (bicyclic) bond motifs is 1. The zero-order valence-corrected chi connectivity index (χ0v) is 20.8. The van der Waals surface area contributed by atoms with Gasteiger partial charge in [-0.1, -0.05) is 12.1 Å². The SMILES string of the molecule is COC(=O)C1CCC2C(=O)N(CCCN3CCN(c4cc(C)ccc4C)CC3)C(=S)NC2C1. The first kappa shape index (κ1) is 24.0. The van der Waals surface area contributed by atoms with Crippen LogP contribution >= 0.6 is 12.2 Å². The van der Waals surface area contributed by atoms with Crippen LogP contribution in [-0.4, -0.2) is 79.2 Å². The number of hydrogen-bond donors (Lipinski definition) is 1. The van der Waals surface area contributed by atoms with Crippen molar-refractivity contribution in [3.63, 3.8) is 0 Å². The third-order valence-electron chi connectivity index (χ3n) is 7.46. The maximum atomic E-state index is 13.1. The number of aryl methyl sites for hydroxylation is 2. The number of benzene rings is 1. The lowest BCUT2D eigenvalue weighted by Crippen LogP contribution is -2.62. The quantitative estimate of drug-likeness (QED) is 0.504. The summed E-state index contributed by atoms with van der Waals surface area (Å²) in [4.78, 5) is 31.7. The van der Waals surface area contributed by atoms with E-state index in [1.807, 2.05) is 0 Å². The minimum atomic E-state index is -0.186. The van der Waals surface area contributed by atoms with E-state index in [4.69, 9.17) is 17.0 Å². The Hall–Kier alpha value is -2.19. The number of amides is 1. The molecule has 8 heteroatoms. The maximum Gasteiger partial charge on any atom is 0.308 e. The fourth-order valence-electron chi connectivity index (χ4n) is 5.48. The van der Waals surface area contributed by atoms with Gasteiger partial charge < -0.3 is 15.0 Å². The largest absolute Gasteiger partial charge is 0.469 e. The first-order valence-electron chi connectivity index (χ1n) is 12.1. The van der Waals surface area contributed by atoms with E-state index in [0.29, 0.717) is 30.9 Å². The summed E-state index contributed by atoms with van der Waals surface area (Å²) in [6.07, 6.45) is 2.92. The van der Waals surface area contributed by atoms with Crippen molar-refractivity contribution in [2.75, 3.05) is 51.3 Å². The van der Waals surface area contributed by atoms with Gasteiger partial charge in [0.15, 0.2) is 5.11 Å². The number of thiocarbonyl (C=S) groups is 1. The third-order valence-corrected chi connectivity index (χ3v) is 7.79. The maximum absolute atomic E-state index is 13.1. The van der Waals surface area contributed by atoms with E-state index in [2.05, 4.69) is 47.2 Å². The van der Waals surface area contributed by atoms with Crippen molar-refractivity contribution in [1.82, 2.24) is 15.1 Å². The van der Waals surface area contributed by atoms with Gasteiger partial charge in [0, 0.05) is 44.5 Å². The number of rotatable bonds is 6. The van der Waals surface area contributed by atoms with Crippen molar-refractivity contribution >= 4 is 34.9 Å². The predicted octanol–water partition coefficient (Wildman–Crippen LogP) is 2.49. The van der Waals surface area contributed by atoms with Crippen LogP contribution in [0.4, 0.5) is 5.69 Å². The second-order valence-electron chi connectivity index (χ2n) is 9.66. The van der Waals surface area contributed by atoms with E-state index in [1.165, 1.54) is 23.9 Å². The van der Waals surface area contributed by atoms with Crippen LogP contribution in [0.1, 0.15) is 36.8 Å². The molecule has 1 aromatic carbocycles. The van der Waals surface area contributed by atoms with Gasteiger partial charge in [-0.15, -0.1) is 0 Å². The summed E-state index contributed by atoms with van der Waals surface area (Å²) in [5, 5.41) is 3.84. The second kappa shape index (κ2) is 10.4.